The van der Waals surface area contributed by atoms with Gasteiger partial charge in [-0.05, 0) is 36.4 Å². The van der Waals surface area contributed by atoms with Gasteiger partial charge in [0.1, 0.15) is 16.4 Å². The zero-order chi connectivity index (χ0) is 23.4. The number of amides is 1. The summed E-state index contributed by atoms with van der Waals surface area (Å²) in [5.74, 6) is 0.631. The van der Waals surface area contributed by atoms with Gasteiger partial charge in [0.2, 0.25) is 0 Å². The highest BCUT2D eigenvalue weighted by Gasteiger charge is 2.25. The van der Waals surface area contributed by atoms with Crippen molar-refractivity contribution in [2.45, 2.75) is 6.54 Å². The summed E-state index contributed by atoms with van der Waals surface area (Å²) in [6, 6.07) is 12.4. The molecular formula is C23H25N5O4S. The van der Waals surface area contributed by atoms with E-state index in [1.54, 1.807) is 42.5 Å². The van der Waals surface area contributed by atoms with Crippen LogP contribution in [-0.4, -0.2) is 66.0 Å². The topological polar surface area (TPSA) is 101 Å². The van der Waals surface area contributed by atoms with Crippen LogP contribution in [-0.2, 0) is 6.54 Å². The van der Waals surface area contributed by atoms with E-state index in [9.17, 15) is 14.9 Å². The molecule has 1 aliphatic heterocycles. The molecule has 0 spiro atoms. The van der Waals surface area contributed by atoms with E-state index in [1.165, 1.54) is 6.07 Å². The summed E-state index contributed by atoms with van der Waals surface area (Å²) in [5.41, 5.74) is 2.68. The molecule has 1 aromatic heterocycles. The molecule has 0 saturated carbocycles. The summed E-state index contributed by atoms with van der Waals surface area (Å²) in [7, 11) is 3.26. The summed E-state index contributed by atoms with van der Waals surface area (Å²) < 4.78 is 5.21. The molecule has 10 heteroatoms. The van der Waals surface area contributed by atoms with E-state index in [0.717, 1.165) is 41.6 Å². The van der Waals surface area contributed by atoms with E-state index < -0.39 is 4.92 Å². The van der Waals surface area contributed by atoms with Gasteiger partial charge < -0.3 is 15.0 Å². The number of ether oxygens (including phenoxy) is 1. The van der Waals surface area contributed by atoms with Crippen LogP contribution in [0.4, 0.5) is 11.4 Å². The van der Waals surface area contributed by atoms with Crippen LogP contribution in [0.3, 0.4) is 0 Å². The number of nitrogens with zero attached hydrogens (tertiary/aromatic N) is 4. The number of rotatable bonds is 7. The number of carbonyl (C=O) groups excluding carboxylic acids is 1. The molecule has 0 bridgehead atoms. The third-order valence-corrected chi connectivity index (χ3v) is 6.58. The van der Waals surface area contributed by atoms with Crippen LogP contribution in [0, 0.1) is 10.1 Å². The van der Waals surface area contributed by atoms with Gasteiger partial charge in [-0.3, -0.25) is 19.8 Å². The number of nitrogens with one attached hydrogen (secondary N) is 1. The maximum absolute atomic E-state index is 12.9. The number of nitro groups is 1. The first kappa shape index (κ1) is 22.7. The lowest BCUT2D eigenvalue weighted by Gasteiger charge is -2.34. The Morgan fingerprint density at radius 3 is 2.55 bits per heavy atom. The normalized spacial score (nSPS) is 14.2. The van der Waals surface area contributed by atoms with E-state index in [1.807, 2.05) is 24.3 Å². The minimum Gasteiger partial charge on any atom is -0.497 e. The average molecular weight is 468 g/mol. The van der Waals surface area contributed by atoms with Crippen LogP contribution < -0.4 is 10.1 Å². The second kappa shape index (κ2) is 9.97. The first-order valence-electron chi connectivity index (χ1n) is 10.5. The lowest BCUT2D eigenvalue weighted by Crippen LogP contribution is -2.48. The minimum atomic E-state index is -0.478. The zero-order valence-electron chi connectivity index (χ0n) is 18.5. The van der Waals surface area contributed by atoms with Gasteiger partial charge in [0.25, 0.3) is 11.6 Å². The van der Waals surface area contributed by atoms with E-state index in [4.69, 9.17) is 9.72 Å². The van der Waals surface area contributed by atoms with E-state index in [0.29, 0.717) is 24.3 Å². The number of nitro benzene ring substituents is 1. The van der Waals surface area contributed by atoms with Crippen molar-refractivity contribution in [3.63, 3.8) is 0 Å². The number of thiazole rings is 1. The van der Waals surface area contributed by atoms with Crippen molar-refractivity contribution < 1.29 is 14.5 Å². The molecule has 0 unspecified atom stereocenters. The molecule has 3 aromatic rings. The van der Waals surface area contributed by atoms with Crippen LogP contribution in [0.25, 0.3) is 10.6 Å². The van der Waals surface area contributed by atoms with Gasteiger partial charge in [-0.1, -0.05) is 0 Å². The summed E-state index contributed by atoms with van der Waals surface area (Å²) in [6.07, 6.45) is 0. The first-order chi connectivity index (χ1) is 16.0. The predicted octanol–water partition coefficient (Wildman–Crippen LogP) is 3.73. The molecule has 0 aliphatic carbocycles. The smallest absolute Gasteiger partial charge is 0.293 e. The molecule has 1 saturated heterocycles. The molecule has 0 atom stereocenters. The largest absolute Gasteiger partial charge is 0.497 e. The molecule has 4 rings (SSSR count). The number of carbonyl (C=O) groups is 1. The number of hydrogen-bond acceptors (Lipinski definition) is 8. The van der Waals surface area contributed by atoms with E-state index in [2.05, 4.69) is 15.6 Å². The predicted molar refractivity (Wildman–Crippen MR) is 128 cm³/mol. The molecule has 1 fully saturated rings. The van der Waals surface area contributed by atoms with E-state index in [-0.39, 0.29) is 11.6 Å². The second-order valence-electron chi connectivity index (χ2n) is 7.68. The van der Waals surface area contributed by atoms with Crippen molar-refractivity contribution in [3.8, 4) is 16.3 Å². The fraction of sp³-hybridized carbons (Fsp3) is 0.304. The summed E-state index contributed by atoms with van der Waals surface area (Å²) >= 11 is 1.61. The lowest BCUT2D eigenvalue weighted by molar-refractivity contribution is -0.384. The Kier molecular flexibility index (Phi) is 6.85. The van der Waals surface area contributed by atoms with Crippen LogP contribution in [0.1, 0.15) is 16.1 Å². The first-order valence-corrected chi connectivity index (χ1v) is 11.4. The van der Waals surface area contributed by atoms with Gasteiger partial charge >= 0.3 is 0 Å². The molecule has 1 aliphatic rings. The molecule has 172 valence electrons. The monoisotopic (exact) mass is 467 g/mol. The second-order valence-corrected chi connectivity index (χ2v) is 8.54. The Morgan fingerprint density at radius 1 is 1.18 bits per heavy atom. The average Bonchev–Trinajstić information content (AvgIpc) is 3.32. The standard InChI is InChI=1S/C23H25N5O4S/c1-24-20-8-5-17(13-21(20)28(30)31)23(29)27-11-9-26(10-12-27)14-18-15-33-22(25-18)16-3-6-19(32-2)7-4-16/h3-8,13,15,24H,9-12,14H2,1-2H3. The van der Waals surface area contributed by atoms with Gasteiger partial charge in [-0.15, -0.1) is 11.3 Å². The summed E-state index contributed by atoms with van der Waals surface area (Å²) in [6.45, 7) is 3.29. The van der Waals surface area contributed by atoms with Crippen LogP contribution in [0.15, 0.2) is 47.8 Å². The van der Waals surface area contributed by atoms with Crippen molar-refractivity contribution in [1.82, 2.24) is 14.8 Å². The number of methoxy groups -OCH3 is 1. The quantitative estimate of drug-likeness (QED) is 0.417. The Bertz CT molecular complexity index is 1140. The Morgan fingerprint density at radius 2 is 1.91 bits per heavy atom. The highest BCUT2D eigenvalue weighted by atomic mass is 32.1. The van der Waals surface area contributed by atoms with Crippen molar-refractivity contribution in [2.75, 3.05) is 45.7 Å². The molecule has 1 N–H and O–H groups in total. The molecule has 0 radical (unpaired) electrons. The van der Waals surface area contributed by atoms with Crippen molar-refractivity contribution >= 4 is 28.6 Å². The van der Waals surface area contributed by atoms with Gasteiger partial charge in [-0.2, -0.15) is 0 Å². The number of piperazine rings is 1. The van der Waals surface area contributed by atoms with Gasteiger partial charge in [0, 0.05) is 62.3 Å². The highest BCUT2D eigenvalue weighted by Crippen LogP contribution is 2.27. The Balaban J connectivity index is 1.35. The molecule has 9 nitrogen and oxygen atoms in total. The van der Waals surface area contributed by atoms with Gasteiger partial charge in [0.15, 0.2) is 0 Å². The molecule has 33 heavy (non-hydrogen) atoms. The Hall–Kier alpha value is -3.50. The summed E-state index contributed by atoms with van der Waals surface area (Å²) in [4.78, 5) is 32.5. The minimum absolute atomic E-state index is 0.0989. The van der Waals surface area contributed by atoms with Crippen LogP contribution in [0.5, 0.6) is 5.75 Å². The fourth-order valence-electron chi connectivity index (χ4n) is 3.79. The maximum Gasteiger partial charge on any atom is 0.293 e. The third kappa shape index (κ3) is 5.12. The number of hydrogen-bond donors (Lipinski definition) is 1. The Labute approximate surface area is 195 Å². The maximum atomic E-state index is 12.9. The van der Waals surface area contributed by atoms with Gasteiger partial charge in [-0.25, -0.2) is 4.98 Å². The van der Waals surface area contributed by atoms with Crippen molar-refractivity contribution in [2.24, 2.45) is 0 Å². The molecule has 2 aromatic carbocycles. The van der Waals surface area contributed by atoms with Gasteiger partial charge in [0.05, 0.1) is 17.7 Å². The number of aromatic nitrogens is 1. The van der Waals surface area contributed by atoms with E-state index >= 15 is 0 Å². The number of anilines is 1. The van der Waals surface area contributed by atoms with Crippen LogP contribution in [0.2, 0.25) is 0 Å². The van der Waals surface area contributed by atoms with Crippen molar-refractivity contribution in [1.29, 1.82) is 0 Å². The molecular weight excluding hydrogens is 442 g/mol. The fourth-order valence-corrected chi connectivity index (χ4v) is 4.61. The highest BCUT2D eigenvalue weighted by molar-refractivity contribution is 7.13. The van der Waals surface area contributed by atoms with Crippen LogP contribution >= 0.6 is 11.3 Å². The summed E-state index contributed by atoms with van der Waals surface area (Å²) in [5, 5.41) is 17.1. The third-order valence-electron chi connectivity index (χ3n) is 5.64. The van der Waals surface area contributed by atoms with Crippen molar-refractivity contribution in [3.05, 3.63) is 69.2 Å². The number of benzene rings is 2. The molecule has 1 amide bonds. The lowest BCUT2D eigenvalue weighted by atomic mass is 10.1. The SMILES string of the molecule is CNc1ccc(C(=O)N2CCN(Cc3csc(-c4ccc(OC)cc4)n3)CC2)cc1[N+](=O)[O-]. The molecule has 2 heterocycles. The zero-order valence-corrected chi connectivity index (χ0v) is 19.3.